The van der Waals surface area contributed by atoms with Gasteiger partial charge in [-0.3, -0.25) is 0 Å². The van der Waals surface area contributed by atoms with Crippen molar-refractivity contribution in [3.8, 4) is 0 Å². The van der Waals surface area contributed by atoms with E-state index in [2.05, 4.69) is 10.3 Å². The second-order valence-corrected chi connectivity index (χ2v) is 6.87. The van der Waals surface area contributed by atoms with Crippen molar-refractivity contribution in [2.75, 3.05) is 18.1 Å². The molecule has 0 bridgehead atoms. The lowest BCUT2D eigenvalue weighted by Crippen LogP contribution is -2.32. The zero-order valence-electron chi connectivity index (χ0n) is 11.9. The first-order chi connectivity index (χ1) is 10.0. The maximum atomic E-state index is 11.8. The van der Waals surface area contributed by atoms with Crippen molar-refractivity contribution in [2.24, 2.45) is 5.73 Å². The molecule has 112 valence electrons. The number of hydrogen-bond acceptors (Lipinski definition) is 5. The number of pyridine rings is 1. The summed E-state index contributed by atoms with van der Waals surface area (Å²) in [6.45, 7) is 0.384. The molecule has 0 aliphatic carbocycles. The molecule has 1 heterocycles. The molecule has 5 nitrogen and oxygen atoms in total. The van der Waals surface area contributed by atoms with Gasteiger partial charge in [0.25, 0.3) is 0 Å². The quantitative estimate of drug-likeness (QED) is 0.844. The number of rotatable bonds is 6. The van der Waals surface area contributed by atoms with Crippen LogP contribution in [0.1, 0.15) is 5.56 Å². The molecule has 0 saturated carbocycles. The molecule has 0 saturated heterocycles. The Hall–Kier alpha value is -1.92. The summed E-state index contributed by atoms with van der Waals surface area (Å²) >= 11 is 0. The zero-order valence-corrected chi connectivity index (χ0v) is 12.7. The average molecular weight is 305 g/mol. The molecule has 6 heteroatoms. The minimum Gasteiger partial charge on any atom is -0.365 e. The molecular formula is C15H19N3O2S. The van der Waals surface area contributed by atoms with Crippen LogP contribution in [-0.2, 0) is 16.3 Å². The smallest absolute Gasteiger partial charge is 0.179 e. The van der Waals surface area contributed by atoms with Crippen LogP contribution >= 0.6 is 0 Å². The summed E-state index contributed by atoms with van der Waals surface area (Å²) in [5, 5.41) is 3.14. The highest BCUT2D eigenvalue weighted by molar-refractivity contribution is 7.90. The molecule has 2 aromatic rings. The van der Waals surface area contributed by atoms with Crippen molar-refractivity contribution in [1.82, 2.24) is 4.98 Å². The highest BCUT2D eigenvalue weighted by Gasteiger charge is 2.16. The molecular weight excluding hydrogens is 286 g/mol. The van der Waals surface area contributed by atoms with Gasteiger partial charge in [0.2, 0.25) is 0 Å². The van der Waals surface area contributed by atoms with E-state index in [9.17, 15) is 8.42 Å². The van der Waals surface area contributed by atoms with Crippen LogP contribution in [0.15, 0.2) is 53.6 Å². The molecule has 1 aromatic heterocycles. The van der Waals surface area contributed by atoms with Crippen LogP contribution in [0.3, 0.4) is 0 Å². The van der Waals surface area contributed by atoms with E-state index in [0.717, 1.165) is 5.56 Å². The molecule has 1 aromatic carbocycles. The van der Waals surface area contributed by atoms with Crippen molar-refractivity contribution in [3.05, 3.63) is 54.2 Å². The first kappa shape index (κ1) is 15.5. The van der Waals surface area contributed by atoms with Crippen molar-refractivity contribution in [2.45, 2.75) is 17.4 Å². The fourth-order valence-electron chi connectivity index (χ4n) is 2.08. The van der Waals surface area contributed by atoms with Gasteiger partial charge in [-0.2, -0.15) is 0 Å². The van der Waals surface area contributed by atoms with Gasteiger partial charge in [0.1, 0.15) is 10.7 Å². The predicted octanol–water partition coefficient (Wildman–Crippen LogP) is 1.47. The first-order valence-electron chi connectivity index (χ1n) is 6.66. The SMILES string of the molecule is CS(=O)(=O)c1cccnc1NC(CN)Cc1ccccc1. The first-order valence-corrected chi connectivity index (χ1v) is 8.55. The van der Waals surface area contributed by atoms with Gasteiger partial charge < -0.3 is 11.1 Å². The number of sulfone groups is 1. The lowest BCUT2D eigenvalue weighted by molar-refractivity contribution is 0.601. The zero-order chi connectivity index (χ0) is 15.3. The molecule has 0 fully saturated rings. The third-order valence-corrected chi connectivity index (χ3v) is 4.25. The van der Waals surface area contributed by atoms with Gasteiger partial charge in [0.15, 0.2) is 9.84 Å². The highest BCUT2D eigenvalue weighted by Crippen LogP contribution is 2.19. The minimum atomic E-state index is -3.33. The number of anilines is 1. The van der Waals surface area contributed by atoms with E-state index in [1.54, 1.807) is 18.3 Å². The molecule has 21 heavy (non-hydrogen) atoms. The van der Waals surface area contributed by atoms with Crippen LogP contribution in [0.2, 0.25) is 0 Å². The van der Waals surface area contributed by atoms with Crippen LogP contribution in [0, 0.1) is 0 Å². The lowest BCUT2D eigenvalue weighted by atomic mass is 10.1. The maximum Gasteiger partial charge on any atom is 0.179 e. The fraction of sp³-hybridized carbons (Fsp3) is 0.267. The second kappa shape index (κ2) is 6.69. The van der Waals surface area contributed by atoms with E-state index in [1.165, 1.54) is 6.26 Å². The number of nitrogens with two attached hydrogens (primary N) is 1. The topological polar surface area (TPSA) is 85.1 Å². The molecule has 0 spiro atoms. The molecule has 1 atom stereocenters. The summed E-state index contributed by atoms with van der Waals surface area (Å²) in [5.41, 5.74) is 6.92. The summed E-state index contributed by atoms with van der Waals surface area (Å²) < 4.78 is 23.5. The Kier molecular flexibility index (Phi) is 4.93. The summed E-state index contributed by atoms with van der Waals surface area (Å²) in [7, 11) is -3.33. The van der Waals surface area contributed by atoms with Crippen LogP contribution < -0.4 is 11.1 Å². The van der Waals surface area contributed by atoms with Gasteiger partial charge in [-0.25, -0.2) is 13.4 Å². The van der Waals surface area contributed by atoms with Crippen LogP contribution in [-0.4, -0.2) is 32.2 Å². The van der Waals surface area contributed by atoms with Gasteiger partial charge >= 0.3 is 0 Å². The lowest BCUT2D eigenvalue weighted by Gasteiger charge is -2.19. The maximum absolute atomic E-state index is 11.8. The normalized spacial score (nSPS) is 12.9. The van der Waals surface area contributed by atoms with Crippen LogP contribution in [0.5, 0.6) is 0 Å². The molecule has 0 aliphatic heterocycles. The van der Waals surface area contributed by atoms with Gasteiger partial charge in [-0.15, -0.1) is 0 Å². The minimum absolute atomic E-state index is 0.0807. The van der Waals surface area contributed by atoms with Crippen LogP contribution in [0.4, 0.5) is 5.82 Å². The molecule has 0 amide bonds. The third kappa shape index (κ3) is 4.27. The Balaban J connectivity index is 2.20. The second-order valence-electron chi connectivity index (χ2n) is 4.89. The summed E-state index contributed by atoms with van der Waals surface area (Å²) in [6.07, 6.45) is 3.44. The average Bonchev–Trinajstić information content (AvgIpc) is 2.47. The Labute approximate surface area is 125 Å². The Morgan fingerprint density at radius 2 is 1.90 bits per heavy atom. The van der Waals surface area contributed by atoms with Crippen molar-refractivity contribution in [3.63, 3.8) is 0 Å². The van der Waals surface area contributed by atoms with Gasteiger partial charge in [0.05, 0.1) is 0 Å². The summed E-state index contributed by atoms with van der Waals surface area (Å²) in [4.78, 5) is 4.32. The molecule has 0 radical (unpaired) electrons. The van der Waals surface area contributed by atoms with E-state index in [1.807, 2.05) is 30.3 Å². The standard InChI is InChI=1S/C15H19N3O2S/c1-21(19,20)14-8-5-9-17-15(14)18-13(11-16)10-12-6-3-2-4-7-12/h2-9,13H,10-11,16H2,1H3,(H,17,18). The Bertz CT molecular complexity index is 687. The fourth-order valence-corrected chi connectivity index (χ4v) is 2.87. The highest BCUT2D eigenvalue weighted by atomic mass is 32.2. The molecule has 2 rings (SSSR count). The molecule has 0 aliphatic rings. The summed E-state index contributed by atoms with van der Waals surface area (Å²) in [5.74, 6) is 0.353. The largest absolute Gasteiger partial charge is 0.365 e. The molecule has 3 N–H and O–H groups in total. The Morgan fingerprint density at radius 3 is 2.52 bits per heavy atom. The summed E-state index contributed by atoms with van der Waals surface area (Å²) in [6, 6.07) is 13.0. The number of hydrogen-bond donors (Lipinski definition) is 2. The van der Waals surface area contributed by atoms with Crippen molar-refractivity contribution >= 4 is 15.7 Å². The third-order valence-electron chi connectivity index (χ3n) is 3.12. The Morgan fingerprint density at radius 1 is 1.19 bits per heavy atom. The van der Waals surface area contributed by atoms with Gasteiger partial charge in [0, 0.05) is 25.0 Å². The molecule has 1 unspecified atom stereocenters. The predicted molar refractivity (Wildman–Crippen MR) is 84.0 cm³/mol. The number of benzene rings is 1. The van der Waals surface area contributed by atoms with Gasteiger partial charge in [-0.1, -0.05) is 30.3 Å². The van der Waals surface area contributed by atoms with E-state index >= 15 is 0 Å². The van der Waals surface area contributed by atoms with E-state index in [4.69, 9.17) is 5.73 Å². The van der Waals surface area contributed by atoms with Crippen molar-refractivity contribution < 1.29 is 8.42 Å². The van der Waals surface area contributed by atoms with Gasteiger partial charge in [-0.05, 0) is 24.1 Å². The van der Waals surface area contributed by atoms with E-state index in [-0.39, 0.29) is 10.9 Å². The number of nitrogens with zero attached hydrogens (tertiary/aromatic N) is 1. The van der Waals surface area contributed by atoms with E-state index < -0.39 is 9.84 Å². The number of nitrogens with one attached hydrogen (secondary N) is 1. The van der Waals surface area contributed by atoms with Crippen LogP contribution in [0.25, 0.3) is 0 Å². The monoisotopic (exact) mass is 305 g/mol. The van der Waals surface area contributed by atoms with Crippen molar-refractivity contribution in [1.29, 1.82) is 0 Å². The number of aromatic nitrogens is 1. The van der Waals surface area contributed by atoms with E-state index in [0.29, 0.717) is 18.8 Å².